The Hall–Kier alpha value is -1.55. The molecule has 1 aliphatic heterocycles. The van der Waals surface area contributed by atoms with Crippen molar-refractivity contribution in [2.24, 2.45) is 0 Å². The lowest BCUT2D eigenvalue weighted by atomic mass is 10.2. The fraction of sp³-hybridized carbons (Fsp3) is 0.375. The maximum atomic E-state index is 4.39. The standard InChI is InChI=1S/C16H19N3S/c1-13-4-6-14(7-5-13)11-20-16-10-15(17-12-18-16)19-8-2-3-9-19/h4-7,10,12H,2-3,8-9,11H2,1H3. The highest BCUT2D eigenvalue weighted by Crippen LogP contribution is 2.25. The van der Waals surface area contributed by atoms with Crippen LogP contribution in [0.4, 0.5) is 5.82 Å². The Balaban J connectivity index is 1.65. The van der Waals surface area contributed by atoms with Gasteiger partial charge in [-0.2, -0.15) is 0 Å². The zero-order chi connectivity index (χ0) is 13.8. The van der Waals surface area contributed by atoms with Crippen LogP contribution in [0.1, 0.15) is 24.0 Å². The third-order valence-electron chi connectivity index (χ3n) is 3.56. The first-order chi connectivity index (χ1) is 9.81. The number of nitrogens with zero attached hydrogens (tertiary/aromatic N) is 3. The number of benzene rings is 1. The van der Waals surface area contributed by atoms with E-state index in [2.05, 4.69) is 52.1 Å². The van der Waals surface area contributed by atoms with Gasteiger partial charge in [-0.1, -0.05) is 29.8 Å². The summed E-state index contributed by atoms with van der Waals surface area (Å²) < 4.78 is 0. The lowest BCUT2D eigenvalue weighted by molar-refractivity contribution is 0.908. The summed E-state index contributed by atoms with van der Waals surface area (Å²) in [7, 11) is 0. The molecule has 1 saturated heterocycles. The monoisotopic (exact) mass is 285 g/mol. The first-order valence-corrected chi connectivity index (χ1v) is 8.05. The number of thioether (sulfide) groups is 1. The van der Waals surface area contributed by atoms with Gasteiger partial charge < -0.3 is 4.90 Å². The molecule has 0 radical (unpaired) electrons. The van der Waals surface area contributed by atoms with Gasteiger partial charge in [-0.15, -0.1) is 11.8 Å². The third-order valence-corrected chi connectivity index (χ3v) is 4.56. The van der Waals surface area contributed by atoms with Gasteiger partial charge in [-0.25, -0.2) is 9.97 Å². The predicted octanol–water partition coefficient (Wildman–Crippen LogP) is 3.68. The molecular weight excluding hydrogens is 266 g/mol. The van der Waals surface area contributed by atoms with Gasteiger partial charge in [0.05, 0.1) is 0 Å². The normalized spacial score (nSPS) is 14.8. The Bertz CT molecular complexity index is 562. The van der Waals surface area contributed by atoms with Gasteiger partial charge in [0, 0.05) is 24.9 Å². The lowest BCUT2D eigenvalue weighted by Crippen LogP contribution is -2.18. The fourth-order valence-corrected chi connectivity index (χ4v) is 3.19. The molecule has 1 fully saturated rings. The van der Waals surface area contributed by atoms with Crippen LogP contribution in [0.5, 0.6) is 0 Å². The molecular formula is C16H19N3S. The minimum absolute atomic E-state index is 0.955. The number of anilines is 1. The molecule has 2 aromatic rings. The minimum Gasteiger partial charge on any atom is -0.356 e. The average molecular weight is 285 g/mol. The van der Waals surface area contributed by atoms with Crippen molar-refractivity contribution in [3.05, 3.63) is 47.8 Å². The molecule has 1 aromatic heterocycles. The molecule has 0 aliphatic carbocycles. The summed E-state index contributed by atoms with van der Waals surface area (Å²) in [6.07, 6.45) is 4.23. The SMILES string of the molecule is Cc1ccc(CSc2cc(N3CCCC3)ncn2)cc1. The van der Waals surface area contributed by atoms with Crippen LogP contribution in [0.25, 0.3) is 0 Å². The zero-order valence-corrected chi connectivity index (χ0v) is 12.6. The quantitative estimate of drug-likeness (QED) is 0.633. The number of aryl methyl sites for hydroxylation is 1. The van der Waals surface area contributed by atoms with E-state index in [4.69, 9.17) is 0 Å². The van der Waals surface area contributed by atoms with Gasteiger partial charge in [0.25, 0.3) is 0 Å². The molecule has 0 saturated carbocycles. The minimum atomic E-state index is 0.955. The van der Waals surface area contributed by atoms with Crippen molar-refractivity contribution < 1.29 is 0 Å². The molecule has 0 unspecified atom stereocenters. The Kier molecular flexibility index (Phi) is 4.21. The second-order valence-electron chi connectivity index (χ2n) is 5.18. The first-order valence-electron chi connectivity index (χ1n) is 7.06. The van der Waals surface area contributed by atoms with E-state index in [-0.39, 0.29) is 0 Å². The molecule has 20 heavy (non-hydrogen) atoms. The molecule has 0 amide bonds. The summed E-state index contributed by atoms with van der Waals surface area (Å²) in [6.45, 7) is 4.36. The Labute approximate surface area is 124 Å². The topological polar surface area (TPSA) is 29.0 Å². The second-order valence-corrected chi connectivity index (χ2v) is 6.18. The third kappa shape index (κ3) is 3.31. The van der Waals surface area contributed by atoms with Gasteiger partial charge >= 0.3 is 0 Å². The van der Waals surface area contributed by atoms with Gasteiger partial charge in [0.2, 0.25) is 0 Å². The van der Waals surface area contributed by atoms with Crippen LogP contribution in [0.2, 0.25) is 0 Å². The predicted molar refractivity (Wildman–Crippen MR) is 84.2 cm³/mol. The maximum absolute atomic E-state index is 4.39. The van der Waals surface area contributed by atoms with Gasteiger partial charge in [-0.05, 0) is 25.3 Å². The maximum Gasteiger partial charge on any atom is 0.133 e. The Morgan fingerprint density at radius 3 is 2.60 bits per heavy atom. The smallest absolute Gasteiger partial charge is 0.133 e. The Morgan fingerprint density at radius 1 is 1.10 bits per heavy atom. The van der Waals surface area contributed by atoms with E-state index >= 15 is 0 Å². The number of hydrogen-bond donors (Lipinski definition) is 0. The van der Waals surface area contributed by atoms with E-state index in [0.29, 0.717) is 0 Å². The number of aromatic nitrogens is 2. The molecule has 0 N–H and O–H groups in total. The van der Waals surface area contributed by atoms with E-state index in [1.54, 1.807) is 18.1 Å². The van der Waals surface area contributed by atoms with Crippen molar-refractivity contribution in [3.63, 3.8) is 0 Å². The average Bonchev–Trinajstić information content (AvgIpc) is 3.01. The number of rotatable bonds is 4. The highest BCUT2D eigenvalue weighted by Gasteiger charge is 2.14. The van der Waals surface area contributed by atoms with E-state index in [1.807, 2.05) is 0 Å². The molecule has 4 heteroatoms. The van der Waals surface area contributed by atoms with Crippen molar-refractivity contribution in [3.8, 4) is 0 Å². The highest BCUT2D eigenvalue weighted by molar-refractivity contribution is 7.98. The van der Waals surface area contributed by atoms with Crippen LogP contribution in [0, 0.1) is 6.92 Å². The summed E-state index contributed by atoms with van der Waals surface area (Å²) in [5.74, 6) is 2.03. The van der Waals surface area contributed by atoms with Crippen molar-refractivity contribution in [2.45, 2.75) is 30.5 Å². The van der Waals surface area contributed by atoms with Crippen molar-refractivity contribution >= 4 is 17.6 Å². The largest absolute Gasteiger partial charge is 0.356 e. The molecule has 3 rings (SSSR count). The van der Waals surface area contributed by atoms with Crippen molar-refractivity contribution in [1.29, 1.82) is 0 Å². The molecule has 1 aromatic carbocycles. The Morgan fingerprint density at radius 2 is 1.85 bits per heavy atom. The van der Waals surface area contributed by atoms with Crippen LogP contribution in [0.3, 0.4) is 0 Å². The van der Waals surface area contributed by atoms with E-state index in [0.717, 1.165) is 29.7 Å². The zero-order valence-electron chi connectivity index (χ0n) is 11.7. The van der Waals surface area contributed by atoms with Crippen molar-refractivity contribution in [1.82, 2.24) is 9.97 Å². The highest BCUT2D eigenvalue weighted by atomic mass is 32.2. The fourth-order valence-electron chi connectivity index (χ4n) is 2.37. The number of hydrogen-bond acceptors (Lipinski definition) is 4. The van der Waals surface area contributed by atoms with E-state index in [1.165, 1.54) is 24.0 Å². The summed E-state index contributed by atoms with van der Waals surface area (Å²) in [6, 6.07) is 10.8. The van der Waals surface area contributed by atoms with Crippen LogP contribution in [-0.2, 0) is 5.75 Å². The van der Waals surface area contributed by atoms with Gasteiger partial charge in [-0.3, -0.25) is 0 Å². The molecule has 0 spiro atoms. The summed E-state index contributed by atoms with van der Waals surface area (Å²) >= 11 is 1.77. The van der Waals surface area contributed by atoms with Gasteiger partial charge in [0.1, 0.15) is 17.2 Å². The van der Waals surface area contributed by atoms with Crippen molar-refractivity contribution in [2.75, 3.05) is 18.0 Å². The summed E-state index contributed by atoms with van der Waals surface area (Å²) in [4.78, 5) is 11.1. The van der Waals surface area contributed by atoms with E-state index < -0.39 is 0 Å². The molecule has 104 valence electrons. The van der Waals surface area contributed by atoms with Gasteiger partial charge in [0.15, 0.2) is 0 Å². The van der Waals surface area contributed by atoms with Crippen LogP contribution in [-0.4, -0.2) is 23.1 Å². The first kappa shape index (κ1) is 13.4. The molecule has 3 nitrogen and oxygen atoms in total. The van der Waals surface area contributed by atoms with Crippen LogP contribution in [0.15, 0.2) is 41.7 Å². The van der Waals surface area contributed by atoms with E-state index in [9.17, 15) is 0 Å². The van der Waals surface area contributed by atoms with Crippen LogP contribution >= 0.6 is 11.8 Å². The summed E-state index contributed by atoms with van der Waals surface area (Å²) in [5.41, 5.74) is 2.64. The molecule has 2 heterocycles. The second kappa shape index (κ2) is 6.27. The lowest BCUT2D eigenvalue weighted by Gasteiger charge is -2.16. The summed E-state index contributed by atoms with van der Waals surface area (Å²) in [5, 5.41) is 1.06. The molecule has 1 aliphatic rings. The van der Waals surface area contributed by atoms with Crippen LogP contribution < -0.4 is 4.90 Å². The molecule has 0 bridgehead atoms. The molecule has 0 atom stereocenters.